The lowest BCUT2D eigenvalue weighted by Gasteiger charge is -2.13. The molecule has 0 fully saturated rings. The number of methoxy groups -OCH3 is 1. The first kappa shape index (κ1) is 16.7. The molecule has 0 spiro atoms. The topological polar surface area (TPSA) is 56.1 Å². The molecule has 3 aromatic rings. The largest absolute Gasteiger partial charge is 0.497 e. The van der Waals surface area contributed by atoms with Crippen LogP contribution in [-0.2, 0) is 6.42 Å². The number of ether oxygens (including phenoxy) is 1. The number of aromatic nitrogens is 2. The lowest BCUT2D eigenvalue weighted by atomic mass is 9.95. The van der Waals surface area contributed by atoms with Crippen molar-refractivity contribution in [3.05, 3.63) is 64.8 Å². The highest BCUT2D eigenvalue weighted by molar-refractivity contribution is 6.30. The van der Waals surface area contributed by atoms with Crippen molar-refractivity contribution >= 4 is 28.9 Å². The van der Waals surface area contributed by atoms with Crippen molar-refractivity contribution < 1.29 is 9.53 Å². The summed E-state index contributed by atoms with van der Waals surface area (Å²) in [4.78, 5) is 12.6. The van der Waals surface area contributed by atoms with E-state index in [4.69, 9.17) is 21.4 Å². The highest BCUT2D eigenvalue weighted by atomic mass is 35.5. The molecule has 1 N–H and O–H groups in total. The third-order valence-corrected chi connectivity index (χ3v) is 4.75. The number of benzene rings is 2. The van der Waals surface area contributed by atoms with E-state index in [0.29, 0.717) is 22.8 Å². The molecule has 0 radical (unpaired) electrons. The number of hydrogen-bond acceptors (Lipinski definition) is 4. The highest BCUT2D eigenvalue weighted by Gasteiger charge is 2.27. The van der Waals surface area contributed by atoms with E-state index in [1.807, 2.05) is 41.1 Å². The Morgan fingerprint density at radius 1 is 1.08 bits per heavy atom. The Hall–Kier alpha value is -2.79. The molecular weight excluding hydrogens is 350 g/mol. The molecule has 1 aliphatic carbocycles. The van der Waals surface area contributed by atoms with Crippen molar-refractivity contribution in [1.82, 2.24) is 9.78 Å². The normalized spacial score (nSPS) is 13.4. The van der Waals surface area contributed by atoms with Gasteiger partial charge in [0.25, 0.3) is 0 Å². The second kappa shape index (κ2) is 6.84. The van der Waals surface area contributed by atoms with Gasteiger partial charge in [-0.1, -0.05) is 11.6 Å². The average Bonchev–Trinajstić information content (AvgIpc) is 3.03. The van der Waals surface area contributed by atoms with Gasteiger partial charge in [0.05, 0.1) is 24.1 Å². The number of carbonyl (C=O) groups is 1. The number of anilines is 2. The van der Waals surface area contributed by atoms with Crippen LogP contribution in [-0.4, -0.2) is 22.7 Å². The number of halogens is 1. The van der Waals surface area contributed by atoms with Crippen LogP contribution in [0, 0.1) is 0 Å². The van der Waals surface area contributed by atoms with E-state index in [2.05, 4.69) is 5.32 Å². The molecule has 0 saturated carbocycles. The molecule has 2 aromatic carbocycles. The minimum atomic E-state index is 0.127. The molecule has 0 bridgehead atoms. The van der Waals surface area contributed by atoms with Gasteiger partial charge in [-0.3, -0.25) is 4.79 Å². The third kappa shape index (κ3) is 3.06. The number of nitrogens with zero attached hydrogens (tertiary/aromatic N) is 2. The minimum absolute atomic E-state index is 0.127. The Balaban J connectivity index is 1.77. The Bertz CT molecular complexity index is 946. The summed E-state index contributed by atoms with van der Waals surface area (Å²) >= 11 is 5.95. The van der Waals surface area contributed by atoms with Crippen LogP contribution in [0.4, 0.5) is 11.5 Å². The third-order valence-electron chi connectivity index (χ3n) is 4.50. The molecule has 0 unspecified atom stereocenters. The van der Waals surface area contributed by atoms with Crippen LogP contribution in [0.3, 0.4) is 0 Å². The van der Waals surface area contributed by atoms with Crippen LogP contribution in [0.15, 0.2) is 48.5 Å². The van der Waals surface area contributed by atoms with Gasteiger partial charge in [-0.15, -0.1) is 5.10 Å². The maximum atomic E-state index is 12.6. The molecule has 0 amide bonds. The summed E-state index contributed by atoms with van der Waals surface area (Å²) in [5, 5.41) is 8.63. The van der Waals surface area contributed by atoms with Gasteiger partial charge in [0, 0.05) is 17.1 Å². The second-order valence-electron chi connectivity index (χ2n) is 6.19. The van der Waals surface area contributed by atoms with E-state index in [1.54, 1.807) is 19.2 Å². The van der Waals surface area contributed by atoms with Crippen LogP contribution in [0.25, 0.3) is 5.69 Å². The average molecular weight is 368 g/mol. The summed E-state index contributed by atoms with van der Waals surface area (Å²) in [6.07, 6.45) is 2.22. The van der Waals surface area contributed by atoms with E-state index in [-0.39, 0.29) is 5.78 Å². The molecule has 0 aliphatic heterocycles. The summed E-state index contributed by atoms with van der Waals surface area (Å²) in [6.45, 7) is 0. The summed E-state index contributed by atoms with van der Waals surface area (Å²) in [7, 11) is 1.64. The van der Waals surface area contributed by atoms with Gasteiger partial charge in [-0.2, -0.15) is 0 Å². The molecule has 1 aromatic heterocycles. The Morgan fingerprint density at radius 3 is 2.50 bits per heavy atom. The summed E-state index contributed by atoms with van der Waals surface area (Å²) in [5.74, 6) is 1.50. The smallest absolute Gasteiger partial charge is 0.168 e. The summed E-state index contributed by atoms with van der Waals surface area (Å²) < 4.78 is 7.07. The van der Waals surface area contributed by atoms with Gasteiger partial charge < -0.3 is 10.1 Å². The van der Waals surface area contributed by atoms with E-state index in [9.17, 15) is 4.79 Å². The monoisotopic (exact) mass is 367 g/mol. The number of rotatable bonds is 4. The number of Topliss-reactive ketones (excluding diaryl/α,β-unsaturated/α-hetero) is 1. The maximum absolute atomic E-state index is 12.6. The number of fused-ring (bicyclic) bond motifs is 1. The van der Waals surface area contributed by atoms with Crippen molar-refractivity contribution in [2.24, 2.45) is 0 Å². The fourth-order valence-corrected chi connectivity index (χ4v) is 3.34. The first-order chi connectivity index (χ1) is 12.7. The van der Waals surface area contributed by atoms with Crippen molar-refractivity contribution in [1.29, 1.82) is 0 Å². The van der Waals surface area contributed by atoms with Crippen LogP contribution < -0.4 is 10.1 Å². The van der Waals surface area contributed by atoms with Crippen LogP contribution in [0.1, 0.15) is 28.9 Å². The molecule has 26 heavy (non-hydrogen) atoms. The quantitative estimate of drug-likeness (QED) is 0.719. The molecular formula is C20H18ClN3O2. The zero-order valence-electron chi connectivity index (χ0n) is 14.3. The van der Waals surface area contributed by atoms with E-state index < -0.39 is 0 Å². The van der Waals surface area contributed by atoms with E-state index >= 15 is 0 Å². The van der Waals surface area contributed by atoms with E-state index in [1.165, 1.54) is 0 Å². The Morgan fingerprint density at radius 2 is 1.81 bits per heavy atom. The lowest BCUT2D eigenvalue weighted by Crippen LogP contribution is -2.13. The first-order valence-corrected chi connectivity index (χ1v) is 8.85. The van der Waals surface area contributed by atoms with Gasteiger partial charge in [0.2, 0.25) is 0 Å². The molecule has 4 rings (SSSR count). The second-order valence-corrected chi connectivity index (χ2v) is 6.63. The molecule has 1 aliphatic rings. The highest BCUT2D eigenvalue weighted by Crippen LogP contribution is 2.32. The van der Waals surface area contributed by atoms with Crippen LogP contribution in [0.5, 0.6) is 5.75 Å². The molecule has 0 saturated heterocycles. The lowest BCUT2D eigenvalue weighted by molar-refractivity contribution is 0.0973. The standard InChI is InChI=1S/C20H18ClN3O2/c1-26-16-11-9-15(10-12-16)24-17-3-2-4-18(25)19(17)20(23-24)22-14-7-5-13(21)6-8-14/h5-12H,2-4H2,1H3,(H,22,23). The first-order valence-electron chi connectivity index (χ1n) is 8.48. The Labute approximate surface area is 156 Å². The van der Waals surface area contributed by atoms with Gasteiger partial charge in [-0.25, -0.2) is 4.68 Å². The summed E-state index contributed by atoms with van der Waals surface area (Å²) in [6, 6.07) is 15.0. The molecule has 1 heterocycles. The summed E-state index contributed by atoms with van der Waals surface area (Å²) in [5.41, 5.74) is 3.38. The molecule has 0 atom stereocenters. The fraction of sp³-hybridized carbons (Fsp3) is 0.200. The predicted molar refractivity (Wildman–Crippen MR) is 102 cm³/mol. The van der Waals surface area contributed by atoms with Gasteiger partial charge in [0.1, 0.15) is 5.75 Å². The molecule has 5 nitrogen and oxygen atoms in total. The Kier molecular flexibility index (Phi) is 4.39. The minimum Gasteiger partial charge on any atom is -0.497 e. The zero-order valence-corrected chi connectivity index (χ0v) is 15.1. The van der Waals surface area contributed by atoms with Crippen molar-refractivity contribution in [3.63, 3.8) is 0 Å². The fourth-order valence-electron chi connectivity index (χ4n) is 3.21. The van der Waals surface area contributed by atoms with Crippen LogP contribution in [0.2, 0.25) is 5.02 Å². The number of ketones is 1. The predicted octanol–water partition coefficient (Wildman–Crippen LogP) is 4.80. The van der Waals surface area contributed by atoms with E-state index in [0.717, 1.165) is 35.7 Å². The van der Waals surface area contributed by atoms with Gasteiger partial charge in [0.15, 0.2) is 11.6 Å². The molecule has 132 valence electrons. The zero-order chi connectivity index (χ0) is 18.1. The molecule has 6 heteroatoms. The van der Waals surface area contributed by atoms with Crippen molar-refractivity contribution in [2.75, 3.05) is 12.4 Å². The van der Waals surface area contributed by atoms with Gasteiger partial charge in [-0.05, 0) is 61.4 Å². The maximum Gasteiger partial charge on any atom is 0.168 e. The number of hydrogen-bond donors (Lipinski definition) is 1. The number of carbonyl (C=O) groups excluding carboxylic acids is 1. The number of nitrogens with one attached hydrogen (secondary N) is 1. The van der Waals surface area contributed by atoms with Crippen LogP contribution >= 0.6 is 11.6 Å². The van der Waals surface area contributed by atoms with Crippen molar-refractivity contribution in [3.8, 4) is 11.4 Å². The SMILES string of the molecule is COc1ccc(-n2nc(Nc3ccc(Cl)cc3)c3c2CCCC3=O)cc1. The van der Waals surface area contributed by atoms with Gasteiger partial charge >= 0.3 is 0 Å². The van der Waals surface area contributed by atoms with Crippen molar-refractivity contribution in [2.45, 2.75) is 19.3 Å².